The summed E-state index contributed by atoms with van der Waals surface area (Å²) in [5.41, 5.74) is 0.0197. The van der Waals surface area contributed by atoms with Crippen molar-refractivity contribution in [1.82, 2.24) is 14.5 Å². The highest BCUT2D eigenvalue weighted by atomic mass is 32.2. The number of hydrogen-bond donors (Lipinski definition) is 1. The second kappa shape index (κ2) is 10.7. The Balaban J connectivity index is 1.97. The summed E-state index contributed by atoms with van der Waals surface area (Å²) in [6.07, 6.45) is 0.910. The van der Waals surface area contributed by atoms with Gasteiger partial charge in [0.15, 0.2) is 0 Å². The summed E-state index contributed by atoms with van der Waals surface area (Å²) in [5, 5.41) is 2.96. The molecule has 1 amide bonds. The molecule has 0 atom stereocenters. The number of likely N-dealkylation sites (N-methyl/N-ethyl adjacent to an activating group) is 1. The van der Waals surface area contributed by atoms with Crippen molar-refractivity contribution in [3.05, 3.63) is 29.8 Å². The number of carbonyl (C=O) groups excluding carboxylic acids is 2. The summed E-state index contributed by atoms with van der Waals surface area (Å²) in [6.45, 7) is 7.92. The Kier molecular flexibility index (Phi) is 8.60. The summed E-state index contributed by atoms with van der Waals surface area (Å²) < 4.78 is 32.1. The van der Waals surface area contributed by atoms with E-state index in [9.17, 15) is 18.0 Å². The molecule has 29 heavy (non-hydrogen) atoms. The monoisotopic (exact) mass is 425 g/mol. The van der Waals surface area contributed by atoms with Crippen molar-refractivity contribution in [2.75, 3.05) is 46.4 Å². The lowest BCUT2D eigenvalue weighted by atomic mass is 9.97. The Morgan fingerprint density at radius 3 is 2.38 bits per heavy atom. The molecule has 0 aliphatic carbocycles. The van der Waals surface area contributed by atoms with Crippen molar-refractivity contribution in [2.24, 2.45) is 5.92 Å². The molecule has 1 aliphatic heterocycles. The standard InChI is InChI=1S/C20H31N3O5S/c1-4-22(5-2)15-12-21-19(24)16-10-13-23(14-11-16)29(26,27)18-9-7-6-8-17(18)20(25)28-3/h6-9,16H,4-5,10-15H2,1-3H3,(H,21,24). The van der Waals surface area contributed by atoms with Crippen molar-refractivity contribution < 1.29 is 22.7 Å². The number of nitrogens with one attached hydrogen (secondary N) is 1. The smallest absolute Gasteiger partial charge is 0.339 e. The summed E-state index contributed by atoms with van der Waals surface area (Å²) in [5.74, 6) is -0.912. The van der Waals surface area contributed by atoms with Crippen LogP contribution in [0.5, 0.6) is 0 Å². The van der Waals surface area contributed by atoms with Gasteiger partial charge >= 0.3 is 5.97 Å². The fourth-order valence-electron chi connectivity index (χ4n) is 3.49. The van der Waals surface area contributed by atoms with Crippen LogP contribution in [0, 0.1) is 5.92 Å². The molecule has 0 bridgehead atoms. The van der Waals surface area contributed by atoms with Crippen LogP contribution in [0.4, 0.5) is 0 Å². The molecule has 1 aromatic carbocycles. The number of methoxy groups -OCH3 is 1. The van der Waals surface area contributed by atoms with E-state index in [2.05, 4.69) is 24.1 Å². The fraction of sp³-hybridized carbons (Fsp3) is 0.600. The predicted octanol–water partition coefficient (Wildman–Crippen LogP) is 1.33. The van der Waals surface area contributed by atoms with Crippen LogP contribution < -0.4 is 5.32 Å². The third-order valence-electron chi connectivity index (χ3n) is 5.36. The zero-order valence-corrected chi connectivity index (χ0v) is 18.2. The molecule has 1 saturated heterocycles. The van der Waals surface area contributed by atoms with E-state index in [1.807, 2.05) is 0 Å². The molecule has 0 unspecified atom stereocenters. The molecular weight excluding hydrogens is 394 g/mol. The third kappa shape index (κ3) is 5.77. The molecule has 2 rings (SSSR count). The third-order valence-corrected chi connectivity index (χ3v) is 7.31. The van der Waals surface area contributed by atoms with Crippen LogP contribution in [0.2, 0.25) is 0 Å². The molecule has 9 heteroatoms. The first-order valence-electron chi connectivity index (χ1n) is 10.0. The lowest BCUT2D eigenvalue weighted by molar-refractivity contribution is -0.126. The van der Waals surface area contributed by atoms with Gasteiger partial charge < -0.3 is 15.0 Å². The number of hydrogen-bond acceptors (Lipinski definition) is 6. The van der Waals surface area contributed by atoms with Crippen LogP contribution in [-0.2, 0) is 19.6 Å². The Morgan fingerprint density at radius 2 is 1.79 bits per heavy atom. The van der Waals surface area contributed by atoms with Crippen LogP contribution in [0.25, 0.3) is 0 Å². The van der Waals surface area contributed by atoms with E-state index >= 15 is 0 Å². The zero-order valence-electron chi connectivity index (χ0n) is 17.4. The molecule has 0 aromatic heterocycles. The second-order valence-electron chi connectivity index (χ2n) is 6.98. The summed E-state index contributed by atoms with van der Waals surface area (Å²) in [4.78, 5) is 26.5. The summed E-state index contributed by atoms with van der Waals surface area (Å²) in [7, 11) is -2.62. The van der Waals surface area contributed by atoms with Gasteiger partial charge in [-0.05, 0) is 38.1 Å². The van der Waals surface area contributed by atoms with Crippen LogP contribution in [0.3, 0.4) is 0 Å². The van der Waals surface area contributed by atoms with E-state index in [0.717, 1.165) is 19.6 Å². The van der Waals surface area contributed by atoms with Crippen molar-refractivity contribution in [2.45, 2.75) is 31.6 Å². The molecule has 162 valence electrons. The average Bonchev–Trinajstić information content (AvgIpc) is 2.76. The van der Waals surface area contributed by atoms with Gasteiger partial charge in [-0.15, -0.1) is 0 Å². The van der Waals surface area contributed by atoms with Gasteiger partial charge in [0, 0.05) is 32.1 Å². The number of esters is 1. The Morgan fingerprint density at radius 1 is 1.17 bits per heavy atom. The highest BCUT2D eigenvalue weighted by Crippen LogP contribution is 2.26. The number of piperidine rings is 1. The molecule has 1 aromatic rings. The molecular formula is C20H31N3O5S. The first-order chi connectivity index (χ1) is 13.8. The maximum Gasteiger partial charge on any atom is 0.339 e. The molecule has 1 fully saturated rings. The minimum atomic E-state index is -3.84. The zero-order chi connectivity index (χ0) is 21.4. The van der Waals surface area contributed by atoms with Gasteiger partial charge in [-0.2, -0.15) is 4.31 Å². The van der Waals surface area contributed by atoms with Crippen molar-refractivity contribution in [3.63, 3.8) is 0 Å². The molecule has 1 heterocycles. The number of amides is 1. The SMILES string of the molecule is CCN(CC)CCNC(=O)C1CCN(S(=O)(=O)c2ccccc2C(=O)OC)CC1. The molecule has 1 N–H and O–H groups in total. The summed E-state index contributed by atoms with van der Waals surface area (Å²) in [6, 6.07) is 6.03. The molecule has 0 spiro atoms. The van der Waals surface area contributed by atoms with Gasteiger partial charge in [0.1, 0.15) is 0 Å². The number of ether oxygens (including phenoxy) is 1. The van der Waals surface area contributed by atoms with E-state index < -0.39 is 16.0 Å². The van der Waals surface area contributed by atoms with E-state index in [1.54, 1.807) is 12.1 Å². The number of nitrogens with zero attached hydrogens (tertiary/aromatic N) is 2. The topological polar surface area (TPSA) is 96.0 Å². The average molecular weight is 426 g/mol. The minimum Gasteiger partial charge on any atom is -0.465 e. The number of carbonyl (C=O) groups is 2. The second-order valence-corrected chi connectivity index (χ2v) is 8.89. The quantitative estimate of drug-likeness (QED) is 0.600. The van der Waals surface area contributed by atoms with Crippen LogP contribution in [0.1, 0.15) is 37.0 Å². The number of benzene rings is 1. The van der Waals surface area contributed by atoms with E-state index in [0.29, 0.717) is 19.4 Å². The Hall–Kier alpha value is -1.97. The predicted molar refractivity (Wildman–Crippen MR) is 110 cm³/mol. The van der Waals surface area contributed by atoms with Gasteiger partial charge in [0.2, 0.25) is 15.9 Å². The van der Waals surface area contributed by atoms with Crippen LogP contribution in [0.15, 0.2) is 29.2 Å². The van der Waals surface area contributed by atoms with E-state index in [-0.39, 0.29) is 35.4 Å². The minimum absolute atomic E-state index is 0.0197. The summed E-state index contributed by atoms with van der Waals surface area (Å²) >= 11 is 0. The van der Waals surface area contributed by atoms with Gasteiger partial charge in [-0.25, -0.2) is 13.2 Å². The van der Waals surface area contributed by atoms with Crippen LogP contribution >= 0.6 is 0 Å². The van der Waals surface area contributed by atoms with Gasteiger partial charge in [-0.1, -0.05) is 26.0 Å². The van der Waals surface area contributed by atoms with Crippen LogP contribution in [-0.4, -0.2) is 75.9 Å². The first-order valence-corrected chi connectivity index (χ1v) is 11.5. The van der Waals surface area contributed by atoms with E-state index in [4.69, 9.17) is 4.74 Å². The van der Waals surface area contributed by atoms with Crippen molar-refractivity contribution in [1.29, 1.82) is 0 Å². The maximum atomic E-state index is 13.0. The van der Waals surface area contributed by atoms with Crippen molar-refractivity contribution >= 4 is 21.9 Å². The fourth-order valence-corrected chi connectivity index (χ4v) is 5.14. The van der Waals surface area contributed by atoms with Gasteiger partial charge in [-0.3, -0.25) is 4.79 Å². The molecule has 8 nitrogen and oxygen atoms in total. The number of sulfonamides is 1. The molecule has 1 aliphatic rings. The lowest BCUT2D eigenvalue weighted by Crippen LogP contribution is -2.44. The highest BCUT2D eigenvalue weighted by molar-refractivity contribution is 7.89. The first kappa shape index (κ1) is 23.3. The Bertz CT molecular complexity index is 800. The Labute approximate surface area is 173 Å². The molecule has 0 radical (unpaired) electrons. The number of rotatable bonds is 9. The van der Waals surface area contributed by atoms with Crippen molar-refractivity contribution in [3.8, 4) is 0 Å². The van der Waals surface area contributed by atoms with Gasteiger partial charge in [0.25, 0.3) is 0 Å². The largest absolute Gasteiger partial charge is 0.465 e. The normalized spacial score (nSPS) is 16.0. The van der Waals surface area contributed by atoms with Gasteiger partial charge in [0.05, 0.1) is 17.6 Å². The molecule has 0 saturated carbocycles. The lowest BCUT2D eigenvalue weighted by Gasteiger charge is -2.31. The maximum absolute atomic E-state index is 13.0. The van der Waals surface area contributed by atoms with E-state index in [1.165, 1.54) is 23.5 Å². The highest BCUT2D eigenvalue weighted by Gasteiger charge is 2.34.